The van der Waals surface area contributed by atoms with Crippen LogP contribution in [0.5, 0.6) is 0 Å². The largest absolute Gasteiger partial charge is 0.456 e. The summed E-state index contributed by atoms with van der Waals surface area (Å²) in [6, 6.07) is 57.8. The third kappa shape index (κ3) is 4.01. The Hall–Kier alpha value is -7.35. The van der Waals surface area contributed by atoms with Crippen LogP contribution in [0.3, 0.4) is 0 Å². The summed E-state index contributed by atoms with van der Waals surface area (Å²) in [6.45, 7) is 8.26. The lowest BCUT2D eigenvalue weighted by Gasteiger charge is -2.20. The van der Waals surface area contributed by atoms with Crippen LogP contribution in [0.15, 0.2) is 173 Å². The van der Waals surface area contributed by atoms with E-state index in [2.05, 4.69) is 137 Å². The summed E-state index contributed by atoms with van der Waals surface area (Å²) in [5.41, 5.74) is 15.6. The van der Waals surface area contributed by atoms with Crippen LogP contribution in [0.25, 0.3) is 98.5 Å². The van der Waals surface area contributed by atoms with E-state index in [9.17, 15) is 0 Å². The van der Waals surface area contributed by atoms with Gasteiger partial charge in [0.05, 0.1) is 17.6 Å². The van der Waals surface area contributed by atoms with Crippen molar-refractivity contribution in [3.8, 4) is 27.9 Å². The molecule has 1 aliphatic carbocycles. The normalized spacial score (nSPS) is 13.7. The fraction of sp³-hybridized carbons (Fsp3) is 0.0200. The fourth-order valence-electron chi connectivity index (χ4n) is 9.18. The number of fused-ring (bicyclic) bond motifs is 12. The Kier molecular flexibility index (Phi) is 5.87. The van der Waals surface area contributed by atoms with E-state index in [1.165, 1.54) is 27.8 Å². The van der Waals surface area contributed by atoms with Crippen LogP contribution in [0, 0.1) is 6.57 Å². The highest BCUT2D eigenvalue weighted by Gasteiger charge is 2.32. The van der Waals surface area contributed by atoms with Gasteiger partial charge in [-0.1, -0.05) is 103 Å². The molecule has 8 aromatic carbocycles. The Balaban J connectivity index is 1.10. The standard InChI is InChI=1S/C50H28N2O2/c1-51-30-22-29(23-31(24-30)52-44-19-9-6-14-34(44)40-28-49-42(26-45(40)52)36-16-8-11-21-47(36)54-49)32-12-2-4-17-37(32)50-38-18-5-3-13-33(38)39-27-48-41(25-43(39)50)35-15-7-10-20-46(35)53-48/h2-28,50H. The highest BCUT2D eigenvalue weighted by atomic mass is 16.3. The summed E-state index contributed by atoms with van der Waals surface area (Å²) in [6.07, 6.45) is 0. The Bertz CT molecular complexity index is 3420. The lowest BCUT2D eigenvalue weighted by molar-refractivity contribution is 0.669. The number of hydrogen-bond acceptors (Lipinski definition) is 2. The molecule has 0 amide bonds. The molecule has 54 heavy (non-hydrogen) atoms. The molecule has 1 atom stereocenters. The van der Waals surface area contributed by atoms with Crippen molar-refractivity contribution in [2.45, 2.75) is 5.92 Å². The second-order valence-electron chi connectivity index (χ2n) is 14.3. The first-order valence-corrected chi connectivity index (χ1v) is 18.2. The van der Waals surface area contributed by atoms with E-state index in [4.69, 9.17) is 15.4 Å². The van der Waals surface area contributed by atoms with Crippen LogP contribution in [0.2, 0.25) is 0 Å². The second-order valence-corrected chi connectivity index (χ2v) is 14.3. The average molecular weight is 689 g/mol. The fourth-order valence-corrected chi connectivity index (χ4v) is 9.18. The number of benzene rings is 8. The van der Waals surface area contributed by atoms with E-state index >= 15 is 0 Å². The van der Waals surface area contributed by atoms with Crippen LogP contribution >= 0.6 is 0 Å². The van der Waals surface area contributed by atoms with Crippen LogP contribution in [-0.2, 0) is 0 Å². The van der Waals surface area contributed by atoms with Gasteiger partial charge in [0.1, 0.15) is 22.3 Å². The van der Waals surface area contributed by atoms with Gasteiger partial charge in [0.25, 0.3) is 0 Å². The van der Waals surface area contributed by atoms with Crippen molar-refractivity contribution in [1.82, 2.24) is 4.57 Å². The van der Waals surface area contributed by atoms with Gasteiger partial charge in [-0.3, -0.25) is 0 Å². The molecule has 3 aromatic heterocycles. The Morgan fingerprint density at radius 2 is 1.04 bits per heavy atom. The summed E-state index contributed by atoms with van der Waals surface area (Å²) >= 11 is 0. The zero-order valence-electron chi connectivity index (χ0n) is 28.9. The number of aromatic nitrogens is 1. The quantitative estimate of drug-likeness (QED) is 0.173. The summed E-state index contributed by atoms with van der Waals surface area (Å²) in [4.78, 5) is 4.04. The summed E-state index contributed by atoms with van der Waals surface area (Å²) in [5, 5.41) is 6.68. The summed E-state index contributed by atoms with van der Waals surface area (Å²) in [5.74, 6) is 0.00130. The van der Waals surface area contributed by atoms with Gasteiger partial charge in [-0.05, 0) is 99.6 Å². The summed E-state index contributed by atoms with van der Waals surface area (Å²) in [7, 11) is 0. The molecule has 12 rings (SSSR count). The lowest BCUT2D eigenvalue weighted by atomic mass is 9.84. The van der Waals surface area contributed by atoms with E-state index in [0.29, 0.717) is 5.69 Å². The predicted molar refractivity (Wildman–Crippen MR) is 220 cm³/mol. The van der Waals surface area contributed by atoms with Crippen molar-refractivity contribution in [3.63, 3.8) is 0 Å². The van der Waals surface area contributed by atoms with E-state index in [0.717, 1.165) is 82.5 Å². The maximum absolute atomic E-state index is 8.26. The number of hydrogen-bond donors (Lipinski definition) is 0. The van der Waals surface area contributed by atoms with Crippen molar-refractivity contribution < 1.29 is 8.83 Å². The van der Waals surface area contributed by atoms with Gasteiger partial charge in [-0.2, -0.15) is 0 Å². The monoisotopic (exact) mass is 688 g/mol. The Morgan fingerprint density at radius 1 is 0.426 bits per heavy atom. The molecule has 3 heterocycles. The lowest BCUT2D eigenvalue weighted by Crippen LogP contribution is -2.02. The molecule has 0 spiro atoms. The highest BCUT2D eigenvalue weighted by Crippen LogP contribution is 2.52. The molecule has 1 unspecified atom stereocenters. The summed E-state index contributed by atoms with van der Waals surface area (Å²) < 4.78 is 15.0. The van der Waals surface area contributed by atoms with Gasteiger partial charge >= 0.3 is 0 Å². The van der Waals surface area contributed by atoms with E-state index in [-0.39, 0.29) is 5.92 Å². The van der Waals surface area contributed by atoms with Gasteiger partial charge in [0.2, 0.25) is 0 Å². The number of nitrogens with zero attached hydrogens (tertiary/aromatic N) is 2. The number of furan rings is 2. The molecule has 0 fully saturated rings. The molecule has 0 radical (unpaired) electrons. The first-order chi connectivity index (χ1) is 26.7. The number of para-hydroxylation sites is 3. The Labute approximate surface area is 309 Å². The third-order valence-corrected chi connectivity index (χ3v) is 11.5. The average Bonchev–Trinajstić information content (AvgIpc) is 3.96. The molecule has 1 aliphatic rings. The van der Waals surface area contributed by atoms with Gasteiger partial charge in [0.15, 0.2) is 5.69 Å². The smallest absolute Gasteiger partial charge is 0.189 e. The first-order valence-electron chi connectivity index (χ1n) is 18.2. The molecular weight excluding hydrogens is 661 g/mol. The zero-order valence-corrected chi connectivity index (χ0v) is 28.9. The molecule has 0 saturated heterocycles. The molecular formula is C50H28N2O2. The molecule has 4 heteroatoms. The van der Waals surface area contributed by atoms with Gasteiger partial charge in [-0.25, -0.2) is 4.85 Å². The van der Waals surface area contributed by atoms with Gasteiger partial charge in [0, 0.05) is 43.9 Å². The molecule has 0 aliphatic heterocycles. The molecule has 4 nitrogen and oxygen atoms in total. The van der Waals surface area contributed by atoms with Crippen molar-refractivity contribution in [1.29, 1.82) is 0 Å². The van der Waals surface area contributed by atoms with E-state index in [1.807, 2.05) is 36.4 Å². The minimum absolute atomic E-state index is 0.00130. The van der Waals surface area contributed by atoms with Crippen molar-refractivity contribution in [3.05, 3.63) is 192 Å². The van der Waals surface area contributed by atoms with Crippen LogP contribution in [-0.4, -0.2) is 4.57 Å². The molecule has 0 saturated carbocycles. The van der Waals surface area contributed by atoms with Crippen molar-refractivity contribution >= 4 is 71.4 Å². The predicted octanol–water partition coefficient (Wildman–Crippen LogP) is 14.0. The first kappa shape index (κ1) is 29.3. The van der Waals surface area contributed by atoms with Crippen LogP contribution in [0.4, 0.5) is 5.69 Å². The highest BCUT2D eigenvalue weighted by molar-refractivity contribution is 6.17. The topological polar surface area (TPSA) is 35.6 Å². The maximum Gasteiger partial charge on any atom is 0.189 e. The molecule has 11 aromatic rings. The van der Waals surface area contributed by atoms with Crippen molar-refractivity contribution in [2.24, 2.45) is 0 Å². The van der Waals surface area contributed by atoms with E-state index < -0.39 is 0 Å². The zero-order chi connectivity index (χ0) is 35.5. The van der Waals surface area contributed by atoms with Crippen LogP contribution in [0.1, 0.15) is 22.6 Å². The minimum Gasteiger partial charge on any atom is -0.456 e. The second kappa shape index (κ2) is 10.8. The SMILES string of the molecule is [C-]#[N+]c1cc(-c2ccccc2C2c3ccccc3-c3cc4oc5ccccc5c4cc32)cc(-n2c3ccccc3c3cc4oc5ccccc5c4cc32)c1. The molecule has 0 N–H and O–H groups in total. The van der Waals surface area contributed by atoms with Gasteiger partial charge < -0.3 is 13.4 Å². The van der Waals surface area contributed by atoms with Gasteiger partial charge in [-0.15, -0.1) is 0 Å². The van der Waals surface area contributed by atoms with Crippen LogP contribution < -0.4 is 0 Å². The third-order valence-electron chi connectivity index (χ3n) is 11.5. The Morgan fingerprint density at radius 3 is 1.80 bits per heavy atom. The maximum atomic E-state index is 8.26. The van der Waals surface area contributed by atoms with E-state index in [1.54, 1.807) is 0 Å². The molecule has 250 valence electrons. The minimum atomic E-state index is 0.00130. The van der Waals surface area contributed by atoms with Crippen molar-refractivity contribution in [2.75, 3.05) is 0 Å². The number of rotatable bonds is 3. The molecule has 0 bridgehead atoms.